The van der Waals surface area contributed by atoms with Crippen molar-refractivity contribution >= 4 is 0 Å². The Balaban J connectivity index is 2.31. The Hall–Kier alpha value is -0.680. The second-order valence-electron chi connectivity index (χ2n) is 8.90. The first kappa shape index (κ1) is 19.6. The molecule has 5 unspecified atom stereocenters. The number of hydrogen-bond donors (Lipinski definition) is 3. The number of aliphatic hydroxyl groups is 2. The normalized spacial score (nSPS) is 39.1. The van der Waals surface area contributed by atoms with Crippen molar-refractivity contribution in [3.8, 4) is 0 Å². The van der Waals surface area contributed by atoms with Crippen LogP contribution in [0.1, 0.15) is 66.7 Å². The third kappa shape index (κ3) is 2.98. The molecular weight excluding hydrogens is 304 g/mol. The van der Waals surface area contributed by atoms with E-state index in [1.165, 1.54) is 0 Å². The molecule has 1 saturated carbocycles. The minimum atomic E-state index is -0.971. The van der Waals surface area contributed by atoms with Crippen LogP contribution < -0.4 is 0 Å². The SMILES string of the molecule is C=CC(C)(O)CCC1(O)C(C)CCC2C(C(C)(C)OO)=CCC21C. The third-order valence-corrected chi connectivity index (χ3v) is 6.96. The molecule has 0 saturated heterocycles. The maximum Gasteiger partial charge on any atom is 0.119 e. The zero-order valence-corrected chi connectivity index (χ0v) is 15.8. The van der Waals surface area contributed by atoms with E-state index in [4.69, 9.17) is 4.89 Å². The van der Waals surface area contributed by atoms with E-state index in [-0.39, 0.29) is 17.3 Å². The Labute approximate surface area is 146 Å². The van der Waals surface area contributed by atoms with Crippen molar-refractivity contribution in [1.29, 1.82) is 0 Å². The van der Waals surface area contributed by atoms with E-state index >= 15 is 0 Å². The lowest BCUT2D eigenvalue weighted by molar-refractivity contribution is -0.303. The van der Waals surface area contributed by atoms with Crippen LogP contribution in [-0.2, 0) is 4.89 Å². The molecule has 0 spiro atoms. The van der Waals surface area contributed by atoms with Crippen molar-refractivity contribution in [2.24, 2.45) is 17.3 Å². The minimum Gasteiger partial charge on any atom is -0.389 e. The maximum absolute atomic E-state index is 11.7. The Bertz CT molecular complexity index is 522. The average molecular weight is 338 g/mol. The van der Waals surface area contributed by atoms with Gasteiger partial charge in [0.1, 0.15) is 5.60 Å². The van der Waals surface area contributed by atoms with Gasteiger partial charge in [-0.1, -0.05) is 26.0 Å². The van der Waals surface area contributed by atoms with E-state index < -0.39 is 16.8 Å². The standard InChI is InChI=1S/C20H34O4/c1-7-18(5,21)12-13-20(22)14(2)8-9-16-15(17(3,4)24-23)10-11-19(16,20)6/h7,10,14,16,21-23H,1,8-9,11-13H2,2-6H3. The highest BCUT2D eigenvalue weighted by atomic mass is 17.1. The first-order chi connectivity index (χ1) is 10.9. The van der Waals surface area contributed by atoms with Gasteiger partial charge >= 0.3 is 0 Å². The molecule has 0 amide bonds. The molecule has 3 N–H and O–H groups in total. The van der Waals surface area contributed by atoms with Crippen molar-refractivity contribution in [2.45, 2.75) is 83.5 Å². The van der Waals surface area contributed by atoms with Gasteiger partial charge in [0.2, 0.25) is 0 Å². The van der Waals surface area contributed by atoms with Crippen LogP contribution in [0.25, 0.3) is 0 Å². The van der Waals surface area contributed by atoms with Crippen LogP contribution in [0, 0.1) is 17.3 Å². The monoisotopic (exact) mass is 338 g/mol. The predicted octanol–water partition coefficient (Wildman–Crippen LogP) is 4.09. The molecule has 1 fully saturated rings. The van der Waals surface area contributed by atoms with Crippen molar-refractivity contribution in [1.82, 2.24) is 0 Å². The fraction of sp³-hybridized carbons (Fsp3) is 0.800. The summed E-state index contributed by atoms with van der Waals surface area (Å²) in [5, 5.41) is 31.3. The van der Waals surface area contributed by atoms with E-state index in [0.29, 0.717) is 12.8 Å². The van der Waals surface area contributed by atoms with Crippen LogP contribution >= 0.6 is 0 Å². The maximum atomic E-state index is 11.7. The molecule has 138 valence electrons. The van der Waals surface area contributed by atoms with Gasteiger partial charge in [-0.2, -0.15) is 0 Å². The average Bonchev–Trinajstić information content (AvgIpc) is 2.89. The fourth-order valence-corrected chi connectivity index (χ4v) is 4.92. The first-order valence-electron chi connectivity index (χ1n) is 9.05. The van der Waals surface area contributed by atoms with Gasteiger partial charge in [0.25, 0.3) is 0 Å². The summed E-state index contributed by atoms with van der Waals surface area (Å²) in [6.07, 6.45) is 7.36. The first-order valence-corrected chi connectivity index (χ1v) is 9.05. The fourth-order valence-electron chi connectivity index (χ4n) is 4.92. The second kappa shape index (κ2) is 6.24. The van der Waals surface area contributed by atoms with Gasteiger partial charge in [0.15, 0.2) is 0 Å². The summed E-state index contributed by atoms with van der Waals surface area (Å²) in [4.78, 5) is 4.74. The summed E-state index contributed by atoms with van der Waals surface area (Å²) in [5.41, 5.74) is -1.81. The van der Waals surface area contributed by atoms with E-state index in [9.17, 15) is 15.5 Å². The highest BCUT2D eigenvalue weighted by Gasteiger charge is 2.60. The largest absolute Gasteiger partial charge is 0.389 e. The van der Waals surface area contributed by atoms with Gasteiger partial charge in [-0.3, -0.25) is 5.26 Å². The lowest BCUT2D eigenvalue weighted by Crippen LogP contribution is -2.58. The lowest BCUT2D eigenvalue weighted by atomic mass is 9.52. The molecule has 0 aliphatic heterocycles. The highest BCUT2D eigenvalue weighted by molar-refractivity contribution is 5.31. The summed E-state index contributed by atoms with van der Waals surface area (Å²) in [6.45, 7) is 13.4. The molecule has 2 rings (SSSR count). The van der Waals surface area contributed by atoms with Gasteiger partial charge in [-0.25, -0.2) is 4.89 Å². The molecule has 0 heterocycles. The molecule has 0 aromatic carbocycles. The van der Waals surface area contributed by atoms with Crippen molar-refractivity contribution in [2.75, 3.05) is 0 Å². The van der Waals surface area contributed by atoms with Crippen molar-refractivity contribution in [3.63, 3.8) is 0 Å². The summed E-state index contributed by atoms with van der Waals surface area (Å²) in [5.74, 6) is 0.333. The van der Waals surface area contributed by atoms with E-state index in [2.05, 4.69) is 26.5 Å². The summed E-state index contributed by atoms with van der Waals surface area (Å²) < 4.78 is 0. The Kier molecular flexibility index (Phi) is 5.11. The molecule has 4 nitrogen and oxygen atoms in total. The van der Waals surface area contributed by atoms with Crippen LogP contribution in [-0.4, -0.2) is 32.3 Å². The Morgan fingerprint density at radius 1 is 1.38 bits per heavy atom. The van der Waals surface area contributed by atoms with E-state index in [1.54, 1.807) is 13.0 Å². The summed E-state index contributed by atoms with van der Waals surface area (Å²) >= 11 is 0. The van der Waals surface area contributed by atoms with Crippen molar-refractivity contribution < 1.29 is 20.4 Å². The quantitative estimate of drug-likeness (QED) is 0.388. The molecule has 0 aromatic rings. The molecule has 0 radical (unpaired) electrons. The number of rotatable bonds is 6. The molecule has 0 aromatic heterocycles. The van der Waals surface area contributed by atoms with Crippen LogP contribution in [0.15, 0.2) is 24.3 Å². The Morgan fingerprint density at radius 3 is 2.54 bits per heavy atom. The van der Waals surface area contributed by atoms with Gasteiger partial charge < -0.3 is 10.2 Å². The smallest absolute Gasteiger partial charge is 0.119 e. The van der Waals surface area contributed by atoms with Gasteiger partial charge in [-0.15, -0.1) is 6.58 Å². The highest BCUT2D eigenvalue weighted by Crippen LogP contribution is 2.61. The lowest BCUT2D eigenvalue weighted by Gasteiger charge is -2.56. The van der Waals surface area contributed by atoms with Gasteiger partial charge in [0.05, 0.1) is 11.2 Å². The van der Waals surface area contributed by atoms with Gasteiger partial charge in [-0.05, 0) is 70.3 Å². The van der Waals surface area contributed by atoms with Gasteiger partial charge in [0, 0.05) is 5.41 Å². The topological polar surface area (TPSA) is 69.9 Å². The van der Waals surface area contributed by atoms with Crippen LogP contribution in [0.5, 0.6) is 0 Å². The van der Waals surface area contributed by atoms with Crippen LogP contribution in [0.4, 0.5) is 0 Å². The minimum absolute atomic E-state index is 0.158. The zero-order valence-electron chi connectivity index (χ0n) is 15.8. The van der Waals surface area contributed by atoms with Crippen molar-refractivity contribution in [3.05, 3.63) is 24.3 Å². The molecular formula is C20H34O4. The summed E-state index contributed by atoms with van der Waals surface area (Å²) in [7, 11) is 0. The number of allylic oxidation sites excluding steroid dienone is 1. The molecule has 0 bridgehead atoms. The second-order valence-corrected chi connectivity index (χ2v) is 8.90. The Morgan fingerprint density at radius 2 is 2.00 bits per heavy atom. The molecule has 5 atom stereocenters. The zero-order chi connectivity index (χ0) is 18.4. The summed E-state index contributed by atoms with van der Waals surface area (Å²) in [6, 6.07) is 0. The van der Waals surface area contributed by atoms with Crippen LogP contribution in [0.3, 0.4) is 0 Å². The number of fused-ring (bicyclic) bond motifs is 1. The molecule has 24 heavy (non-hydrogen) atoms. The number of hydrogen-bond acceptors (Lipinski definition) is 4. The molecule has 2 aliphatic rings. The van der Waals surface area contributed by atoms with E-state index in [0.717, 1.165) is 24.8 Å². The molecule has 4 heteroatoms. The molecule has 2 aliphatic carbocycles. The third-order valence-electron chi connectivity index (χ3n) is 6.96. The predicted molar refractivity (Wildman–Crippen MR) is 95.5 cm³/mol. The van der Waals surface area contributed by atoms with Crippen LogP contribution in [0.2, 0.25) is 0 Å². The van der Waals surface area contributed by atoms with E-state index in [1.807, 2.05) is 13.8 Å².